The van der Waals surface area contributed by atoms with Crippen LogP contribution in [0.5, 0.6) is 0 Å². The molecule has 0 fully saturated rings. The lowest BCUT2D eigenvalue weighted by Crippen LogP contribution is -2.20. The molecule has 3 nitrogen and oxygen atoms in total. The molecule has 0 aliphatic carbocycles. The molecule has 1 atom stereocenters. The standard InChI is InChI=1S/C14H21N3.ClH/c1-4-15-12-16-11-10-14(17(2)3)13-8-6-5-7-9-13;/h5-9,14H,4,10-11H2,1-3H3;1H. The van der Waals surface area contributed by atoms with Gasteiger partial charge in [0.05, 0.1) is 12.6 Å². The van der Waals surface area contributed by atoms with Gasteiger partial charge in [-0.05, 0) is 33.0 Å². The van der Waals surface area contributed by atoms with Gasteiger partial charge < -0.3 is 4.90 Å². The van der Waals surface area contributed by atoms with Gasteiger partial charge in [0.15, 0.2) is 0 Å². The van der Waals surface area contributed by atoms with Crippen LogP contribution in [0.4, 0.5) is 0 Å². The van der Waals surface area contributed by atoms with Crippen LogP contribution in [-0.2, 0) is 0 Å². The number of hydrogen-bond acceptors (Lipinski definition) is 3. The molecule has 0 bridgehead atoms. The van der Waals surface area contributed by atoms with Crippen LogP contribution in [0.1, 0.15) is 24.9 Å². The molecule has 0 radical (unpaired) electrons. The van der Waals surface area contributed by atoms with Crippen LogP contribution in [0, 0.1) is 0 Å². The first kappa shape index (κ1) is 16.9. The van der Waals surface area contributed by atoms with Gasteiger partial charge in [-0.15, -0.1) is 12.4 Å². The Morgan fingerprint density at radius 1 is 1.17 bits per heavy atom. The summed E-state index contributed by atoms with van der Waals surface area (Å²) in [6.45, 7) is 3.50. The first-order valence-corrected chi connectivity index (χ1v) is 6.05. The predicted molar refractivity (Wildman–Crippen MR) is 80.0 cm³/mol. The van der Waals surface area contributed by atoms with Crippen LogP contribution < -0.4 is 0 Å². The Bertz CT molecular complexity index is 370. The minimum Gasteiger partial charge on any atom is -0.302 e. The molecule has 0 N–H and O–H groups in total. The van der Waals surface area contributed by atoms with E-state index in [4.69, 9.17) is 0 Å². The molecule has 1 rings (SSSR count). The molecule has 0 amide bonds. The SMILES string of the molecule is CCN=C=NCCC(c1ccccc1)N(C)C.Cl. The van der Waals surface area contributed by atoms with E-state index in [1.807, 2.05) is 13.0 Å². The van der Waals surface area contributed by atoms with E-state index in [1.54, 1.807) is 0 Å². The summed E-state index contributed by atoms with van der Waals surface area (Å²) in [4.78, 5) is 10.3. The van der Waals surface area contributed by atoms with Crippen LogP contribution in [0.3, 0.4) is 0 Å². The van der Waals surface area contributed by atoms with E-state index in [0.717, 1.165) is 19.5 Å². The second-order valence-corrected chi connectivity index (χ2v) is 4.13. The van der Waals surface area contributed by atoms with Crippen LogP contribution in [0.25, 0.3) is 0 Å². The van der Waals surface area contributed by atoms with Gasteiger partial charge in [-0.1, -0.05) is 30.3 Å². The van der Waals surface area contributed by atoms with E-state index < -0.39 is 0 Å². The third-order valence-corrected chi connectivity index (χ3v) is 2.62. The van der Waals surface area contributed by atoms with Gasteiger partial charge >= 0.3 is 0 Å². The van der Waals surface area contributed by atoms with Crippen molar-refractivity contribution in [3.63, 3.8) is 0 Å². The zero-order valence-electron chi connectivity index (χ0n) is 11.3. The van der Waals surface area contributed by atoms with E-state index in [9.17, 15) is 0 Å². The molecule has 0 heterocycles. The molecule has 18 heavy (non-hydrogen) atoms. The lowest BCUT2D eigenvalue weighted by molar-refractivity contribution is 0.287. The molecular formula is C14H22ClN3. The molecular weight excluding hydrogens is 246 g/mol. The quantitative estimate of drug-likeness (QED) is 0.727. The maximum atomic E-state index is 4.17. The highest BCUT2D eigenvalue weighted by Gasteiger charge is 2.12. The van der Waals surface area contributed by atoms with Crippen molar-refractivity contribution in [2.75, 3.05) is 27.2 Å². The van der Waals surface area contributed by atoms with E-state index in [1.165, 1.54) is 5.56 Å². The number of benzene rings is 1. The Balaban J connectivity index is 0.00000289. The van der Waals surface area contributed by atoms with E-state index >= 15 is 0 Å². The van der Waals surface area contributed by atoms with Gasteiger partial charge in [0.25, 0.3) is 0 Å². The number of hydrogen-bond donors (Lipinski definition) is 0. The van der Waals surface area contributed by atoms with Crippen LogP contribution in [0.2, 0.25) is 0 Å². The highest BCUT2D eigenvalue weighted by atomic mass is 35.5. The lowest BCUT2D eigenvalue weighted by atomic mass is 10.0. The number of aliphatic imine (C=N–C) groups is 2. The molecule has 0 saturated heterocycles. The van der Waals surface area contributed by atoms with Crippen molar-refractivity contribution in [3.8, 4) is 0 Å². The van der Waals surface area contributed by atoms with Gasteiger partial charge in [-0.25, -0.2) is 9.98 Å². The average molecular weight is 268 g/mol. The smallest absolute Gasteiger partial charge is 0.0892 e. The number of rotatable bonds is 6. The summed E-state index contributed by atoms with van der Waals surface area (Å²) in [5, 5.41) is 0. The monoisotopic (exact) mass is 267 g/mol. The summed E-state index contributed by atoms with van der Waals surface area (Å²) in [5.74, 6) is 0. The van der Waals surface area contributed by atoms with E-state index in [-0.39, 0.29) is 12.4 Å². The molecule has 1 unspecified atom stereocenters. The Morgan fingerprint density at radius 3 is 2.39 bits per heavy atom. The summed E-state index contributed by atoms with van der Waals surface area (Å²) in [7, 11) is 4.20. The van der Waals surface area contributed by atoms with Crippen LogP contribution in [0.15, 0.2) is 40.3 Å². The highest BCUT2D eigenvalue weighted by molar-refractivity contribution is 5.85. The van der Waals surface area contributed by atoms with Gasteiger partial charge in [0, 0.05) is 12.6 Å². The second kappa shape index (κ2) is 9.84. The molecule has 1 aromatic carbocycles. The normalized spacial score (nSPS) is 11.3. The maximum Gasteiger partial charge on any atom is 0.0892 e. The molecule has 0 aliphatic rings. The molecule has 0 aromatic heterocycles. The minimum atomic E-state index is 0. The van der Waals surface area contributed by atoms with Crippen molar-refractivity contribution in [3.05, 3.63) is 35.9 Å². The summed E-state index contributed by atoms with van der Waals surface area (Å²) in [6, 6.07) is 13.6. The van der Waals surface area contributed by atoms with E-state index in [0.29, 0.717) is 6.04 Å². The van der Waals surface area contributed by atoms with Gasteiger partial charge in [-0.2, -0.15) is 0 Å². The number of nitrogens with zero attached hydrogens (tertiary/aromatic N) is 3. The molecule has 0 spiro atoms. The Hall–Kier alpha value is -1.15. The fourth-order valence-electron chi connectivity index (χ4n) is 1.76. The molecule has 1 aromatic rings. The van der Waals surface area contributed by atoms with Crippen molar-refractivity contribution in [1.82, 2.24) is 4.90 Å². The topological polar surface area (TPSA) is 28.0 Å². The summed E-state index contributed by atoms with van der Waals surface area (Å²) in [5.41, 5.74) is 1.33. The van der Waals surface area contributed by atoms with Crippen molar-refractivity contribution in [2.24, 2.45) is 9.98 Å². The fraction of sp³-hybridized carbons (Fsp3) is 0.500. The van der Waals surface area contributed by atoms with Gasteiger partial charge in [0.1, 0.15) is 0 Å². The van der Waals surface area contributed by atoms with Crippen molar-refractivity contribution in [1.29, 1.82) is 0 Å². The lowest BCUT2D eigenvalue weighted by Gasteiger charge is -2.23. The van der Waals surface area contributed by atoms with Crippen molar-refractivity contribution in [2.45, 2.75) is 19.4 Å². The predicted octanol–water partition coefficient (Wildman–Crippen LogP) is 3.30. The number of halogens is 1. The summed E-state index contributed by atoms with van der Waals surface area (Å²) < 4.78 is 0. The fourth-order valence-corrected chi connectivity index (χ4v) is 1.76. The van der Waals surface area contributed by atoms with Gasteiger partial charge in [0.2, 0.25) is 0 Å². The zero-order valence-corrected chi connectivity index (χ0v) is 12.2. The summed E-state index contributed by atoms with van der Waals surface area (Å²) >= 11 is 0. The van der Waals surface area contributed by atoms with E-state index in [2.05, 4.69) is 59.3 Å². The molecule has 0 saturated carbocycles. The zero-order chi connectivity index (χ0) is 12.5. The summed E-state index contributed by atoms with van der Waals surface area (Å²) in [6.07, 6.45) is 0.989. The van der Waals surface area contributed by atoms with Crippen LogP contribution in [-0.4, -0.2) is 38.1 Å². The first-order chi connectivity index (χ1) is 8.25. The molecule has 0 aliphatic heterocycles. The molecule has 100 valence electrons. The maximum absolute atomic E-state index is 4.17. The largest absolute Gasteiger partial charge is 0.302 e. The first-order valence-electron chi connectivity index (χ1n) is 6.05. The Morgan fingerprint density at radius 2 is 1.83 bits per heavy atom. The van der Waals surface area contributed by atoms with Crippen molar-refractivity contribution < 1.29 is 0 Å². The second-order valence-electron chi connectivity index (χ2n) is 4.13. The van der Waals surface area contributed by atoms with Gasteiger partial charge in [-0.3, -0.25) is 0 Å². The van der Waals surface area contributed by atoms with Crippen LogP contribution >= 0.6 is 12.4 Å². The Labute approximate surface area is 116 Å². The minimum absolute atomic E-state index is 0. The Kier molecular flexibility index (Phi) is 9.21. The molecule has 4 heteroatoms. The highest BCUT2D eigenvalue weighted by Crippen LogP contribution is 2.21. The third kappa shape index (κ3) is 5.97. The average Bonchev–Trinajstić information content (AvgIpc) is 2.34. The van der Waals surface area contributed by atoms with Crippen molar-refractivity contribution >= 4 is 18.4 Å². The third-order valence-electron chi connectivity index (χ3n) is 2.62.